The number of likely N-dealkylation sites (N-methyl/N-ethyl adjacent to an activating group) is 1. The number of nitrogens with zero attached hydrogens (tertiary/aromatic N) is 2. The van der Waals surface area contributed by atoms with Gasteiger partial charge in [-0.25, -0.2) is 0 Å². The van der Waals surface area contributed by atoms with E-state index in [0.29, 0.717) is 18.0 Å². The molecule has 1 aromatic rings. The van der Waals surface area contributed by atoms with Crippen molar-refractivity contribution in [2.75, 3.05) is 51.7 Å². The lowest BCUT2D eigenvalue weighted by atomic mass is 10.3. The number of carbonyl (C=O) groups excluding carboxylic acids is 1. The van der Waals surface area contributed by atoms with Crippen LogP contribution in [0, 0.1) is 0 Å². The predicted octanol–water partition coefficient (Wildman–Crippen LogP) is 2.03. The molecule has 1 fully saturated rings. The number of piperazine rings is 1. The van der Waals surface area contributed by atoms with E-state index in [4.69, 9.17) is 4.74 Å². The number of hydrogen-bond donors (Lipinski definition) is 1. The average Bonchev–Trinajstić information content (AvgIpc) is 2.43. The number of halogens is 1. The van der Waals surface area contributed by atoms with Crippen LogP contribution < -0.4 is 10.1 Å². The predicted molar refractivity (Wildman–Crippen MR) is 87.9 cm³/mol. The van der Waals surface area contributed by atoms with Crippen LogP contribution in [0.15, 0.2) is 22.7 Å². The molecule has 21 heavy (non-hydrogen) atoms. The Morgan fingerprint density at radius 1 is 1.33 bits per heavy atom. The van der Waals surface area contributed by atoms with Gasteiger partial charge in [-0.2, -0.15) is 0 Å². The third-order valence-corrected chi connectivity index (χ3v) is 4.01. The molecule has 1 aliphatic rings. The van der Waals surface area contributed by atoms with Crippen LogP contribution in [-0.4, -0.2) is 62.1 Å². The van der Waals surface area contributed by atoms with Gasteiger partial charge in [0, 0.05) is 44.1 Å². The zero-order chi connectivity index (χ0) is 15.2. The lowest BCUT2D eigenvalue weighted by Crippen LogP contribution is -2.45. The summed E-state index contributed by atoms with van der Waals surface area (Å²) < 4.78 is 6.75. The fraction of sp³-hybridized carbons (Fsp3) is 0.533. The summed E-state index contributed by atoms with van der Waals surface area (Å²) >= 11 is 3.40. The highest BCUT2D eigenvalue weighted by Gasteiger charge is 2.13. The van der Waals surface area contributed by atoms with Crippen molar-refractivity contribution in [3.8, 4) is 5.75 Å². The highest BCUT2D eigenvalue weighted by atomic mass is 79.9. The first kappa shape index (κ1) is 16.3. The summed E-state index contributed by atoms with van der Waals surface area (Å²) in [6, 6.07) is 5.64. The molecule has 0 radical (unpaired) electrons. The Morgan fingerprint density at radius 2 is 2.05 bits per heavy atom. The second kappa shape index (κ2) is 7.77. The van der Waals surface area contributed by atoms with Crippen molar-refractivity contribution in [2.24, 2.45) is 0 Å². The third-order valence-electron chi connectivity index (χ3n) is 3.51. The van der Waals surface area contributed by atoms with Crippen LogP contribution in [0.25, 0.3) is 0 Å². The molecule has 2 rings (SSSR count). The maximum Gasteiger partial charge on any atom is 0.221 e. The molecule has 116 valence electrons. The van der Waals surface area contributed by atoms with Crippen molar-refractivity contribution in [3.05, 3.63) is 22.7 Å². The quantitative estimate of drug-likeness (QED) is 0.877. The normalized spacial score (nSPS) is 16.7. The molecule has 1 N–H and O–H groups in total. The van der Waals surface area contributed by atoms with E-state index in [9.17, 15) is 4.79 Å². The van der Waals surface area contributed by atoms with Gasteiger partial charge >= 0.3 is 0 Å². The molecule has 0 unspecified atom stereocenters. The first-order valence-electron chi connectivity index (χ1n) is 7.15. The van der Waals surface area contributed by atoms with Gasteiger partial charge in [-0.1, -0.05) is 15.9 Å². The van der Waals surface area contributed by atoms with Gasteiger partial charge < -0.3 is 15.0 Å². The molecule has 1 aliphatic heterocycles. The van der Waals surface area contributed by atoms with Gasteiger partial charge in [-0.05, 0) is 25.2 Å². The molecule has 0 saturated carbocycles. The van der Waals surface area contributed by atoms with Crippen molar-refractivity contribution < 1.29 is 9.53 Å². The monoisotopic (exact) mass is 355 g/mol. The minimum atomic E-state index is -0.1000. The number of hydrogen-bond acceptors (Lipinski definition) is 4. The molecule has 1 heterocycles. The van der Waals surface area contributed by atoms with Gasteiger partial charge in [0.2, 0.25) is 5.91 Å². The molecule has 1 amide bonds. The lowest BCUT2D eigenvalue weighted by molar-refractivity contribution is -0.114. The van der Waals surface area contributed by atoms with E-state index < -0.39 is 0 Å². The molecule has 0 spiro atoms. The van der Waals surface area contributed by atoms with Gasteiger partial charge in [-0.15, -0.1) is 0 Å². The molecule has 1 aromatic carbocycles. The van der Waals surface area contributed by atoms with Gasteiger partial charge in [-0.3, -0.25) is 9.69 Å². The van der Waals surface area contributed by atoms with Gasteiger partial charge in [0.1, 0.15) is 12.4 Å². The Labute approximate surface area is 134 Å². The molecular formula is C15H22BrN3O2. The molecule has 0 aliphatic carbocycles. The summed E-state index contributed by atoms with van der Waals surface area (Å²) in [6.45, 7) is 7.40. The molecular weight excluding hydrogens is 334 g/mol. The van der Waals surface area contributed by atoms with E-state index in [1.165, 1.54) is 6.92 Å². The number of anilines is 1. The largest absolute Gasteiger partial charge is 0.490 e. The minimum absolute atomic E-state index is 0.1000. The Balaban J connectivity index is 1.86. The Kier molecular flexibility index (Phi) is 6.02. The maximum atomic E-state index is 11.2. The van der Waals surface area contributed by atoms with E-state index in [1.807, 2.05) is 18.2 Å². The van der Waals surface area contributed by atoms with Gasteiger partial charge in [0.05, 0.1) is 5.69 Å². The molecule has 0 atom stereocenters. The van der Waals surface area contributed by atoms with Crippen LogP contribution in [0.1, 0.15) is 6.92 Å². The van der Waals surface area contributed by atoms with E-state index in [0.717, 1.165) is 37.2 Å². The van der Waals surface area contributed by atoms with Crippen molar-refractivity contribution in [1.82, 2.24) is 9.80 Å². The van der Waals surface area contributed by atoms with Crippen molar-refractivity contribution >= 4 is 27.5 Å². The Morgan fingerprint density at radius 3 is 2.71 bits per heavy atom. The van der Waals surface area contributed by atoms with Gasteiger partial charge in [0.25, 0.3) is 0 Å². The zero-order valence-electron chi connectivity index (χ0n) is 12.6. The van der Waals surface area contributed by atoms with Gasteiger partial charge in [0.15, 0.2) is 0 Å². The maximum absolute atomic E-state index is 11.2. The highest BCUT2D eigenvalue weighted by molar-refractivity contribution is 9.10. The average molecular weight is 356 g/mol. The van der Waals surface area contributed by atoms with Crippen LogP contribution >= 0.6 is 15.9 Å². The fourth-order valence-corrected chi connectivity index (χ4v) is 2.63. The summed E-state index contributed by atoms with van der Waals surface area (Å²) in [4.78, 5) is 16.0. The van der Waals surface area contributed by atoms with Crippen molar-refractivity contribution in [1.29, 1.82) is 0 Å². The summed E-state index contributed by atoms with van der Waals surface area (Å²) in [6.07, 6.45) is 0. The summed E-state index contributed by atoms with van der Waals surface area (Å²) in [5.74, 6) is 0.611. The van der Waals surface area contributed by atoms with Crippen LogP contribution in [0.5, 0.6) is 5.75 Å². The molecule has 0 bridgehead atoms. The lowest BCUT2D eigenvalue weighted by Gasteiger charge is -2.32. The first-order valence-corrected chi connectivity index (χ1v) is 7.95. The number of benzene rings is 1. The van der Waals surface area contributed by atoms with Crippen LogP contribution in [0.3, 0.4) is 0 Å². The number of amides is 1. The number of ether oxygens (including phenoxy) is 1. The van der Waals surface area contributed by atoms with E-state index in [1.54, 1.807) is 0 Å². The topological polar surface area (TPSA) is 44.8 Å². The number of nitrogens with one attached hydrogen (secondary N) is 1. The van der Waals surface area contributed by atoms with Crippen LogP contribution in [0.4, 0.5) is 5.69 Å². The summed E-state index contributed by atoms with van der Waals surface area (Å²) in [5.41, 5.74) is 0.704. The van der Waals surface area contributed by atoms with Crippen molar-refractivity contribution in [2.45, 2.75) is 6.92 Å². The summed E-state index contributed by atoms with van der Waals surface area (Å²) in [5, 5.41) is 2.79. The molecule has 5 nitrogen and oxygen atoms in total. The second-order valence-electron chi connectivity index (χ2n) is 5.32. The van der Waals surface area contributed by atoms with E-state index in [-0.39, 0.29) is 5.91 Å². The van der Waals surface area contributed by atoms with Crippen LogP contribution in [0.2, 0.25) is 0 Å². The number of rotatable bonds is 5. The Bertz CT molecular complexity index is 488. The minimum Gasteiger partial charge on any atom is -0.490 e. The first-order chi connectivity index (χ1) is 10.0. The Hall–Kier alpha value is -1.11. The highest BCUT2D eigenvalue weighted by Crippen LogP contribution is 2.28. The molecule has 1 saturated heterocycles. The smallest absolute Gasteiger partial charge is 0.221 e. The number of carbonyl (C=O) groups is 1. The SMILES string of the molecule is CC(=O)Nc1cc(Br)ccc1OCCN1CCN(C)CC1. The second-order valence-corrected chi connectivity index (χ2v) is 6.23. The molecule has 0 aromatic heterocycles. The molecule has 6 heteroatoms. The standard InChI is InChI=1S/C15H22BrN3O2/c1-12(20)17-14-11-13(16)3-4-15(14)21-10-9-19-7-5-18(2)6-8-19/h3-4,11H,5-10H2,1-2H3,(H,17,20). The van der Waals surface area contributed by atoms with Crippen LogP contribution in [-0.2, 0) is 4.79 Å². The fourth-order valence-electron chi connectivity index (χ4n) is 2.27. The van der Waals surface area contributed by atoms with Crippen molar-refractivity contribution in [3.63, 3.8) is 0 Å². The van der Waals surface area contributed by atoms with E-state index in [2.05, 4.69) is 38.1 Å². The summed E-state index contributed by atoms with van der Waals surface area (Å²) in [7, 11) is 2.15. The zero-order valence-corrected chi connectivity index (χ0v) is 14.1. The third kappa shape index (κ3) is 5.30. The van der Waals surface area contributed by atoms with E-state index >= 15 is 0 Å².